The molecular weight excluding hydrogens is 342 g/mol. The van der Waals surface area contributed by atoms with E-state index in [4.69, 9.17) is 29.0 Å². The molecule has 4 N–H and O–H groups in total. The van der Waals surface area contributed by atoms with Gasteiger partial charge in [0.25, 0.3) is 0 Å². The molecule has 0 aromatic carbocycles. The van der Waals surface area contributed by atoms with Gasteiger partial charge >= 0.3 is 15.6 Å². The zero-order valence-corrected chi connectivity index (χ0v) is 13.7. The Morgan fingerprint density at radius 3 is 1.27 bits per heavy atom. The first-order valence-electron chi connectivity index (χ1n) is 5.90. The Bertz CT molecular complexity index is 338. The molecule has 0 saturated carbocycles. The maximum atomic E-state index is 10.1. The van der Waals surface area contributed by atoms with Gasteiger partial charge in [0.1, 0.15) is 0 Å². The molecule has 0 aromatic heterocycles. The van der Waals surface area contributed by atoms with Gasteiger partial charge in [0.2, 0.25) is 0 Å². The highest BCUT2D eigenvalue weighted by molar-refractivity contribution is 7.46. The molecule has 12 heteroatoms. The summed E-state index contributed by atoms with van der Waals surface area (Å²) in [6.07, 6.45) is 3.08. The molecule has 0 amide bonds. The zero-order valence-electron chi connectivity index (χ0n) is 11.9. The highest BCUT2D eigenvalue weighted by Gasteiger charge is 2.12. The van der Waals surface area contributed by atoms with Gasteiger partial charge in [0, 0.05) is 0 Å². The Labute approximate surface area is 128 Å². The van der Waals surface area contributed by atoms with Gasteiger partial charge in [-0.25, -0.2) is 9.13 Å². The van der Waals surface area contributed by atoms with Gasteiger partial charge in [-0.1, -0.05) is 12.2 Å². The molecule has 0 aliphatic heterocycles. The number of hydrogen-bond donors (Lipinski definition) is 4. The van der Waals surface area contributed by atoms with E-state index in [1.807, 2.05) is 0 Å². The van der Waals surface area contributed by atoms with Crippen LogP contribution >= 0.6 is 15.6 Å². The predicted molar refractivity (Wildman–Crippen MR) is 78.0 cm³/mol. The molecule has 0 unspecified atom stereocenters. The Balaban J connectivity index is 0. The summed E-state index contributed by atoms with van der Waals surface area (Å²) >= 11 is 0. The maximum Gasteiger partial charge on any atom is 0.469 e. The SMILES string of the molecule is C=CCOCCOP(=O)(O)O.C=CCOCCOP(=O)(O)O. The van der Waals surface area contributed by atoms with Crippen LogP contribution in [0, 0.1) is 0 Å². The summed E-state index contributed by atoms with van der Waals surface area (Å²) in [5.74, 6) is 0. The second-order valence-electron chi connectivity index (χ2n) is 3.37. The molecule has 132 valence electrons. The summed E-state index contributed by atoms with van der Waals surface area (Å²) in [5, 5.41) is 0. The van der Waals surface area contributed by atoms with E-state index in [1.54, 1.807) is 0 Å². The minimum atomic E-state index is -4.32. The minimum Gasteiger partial charge on any atom is -0.375 e. The molecule has 10 nitrogen and oxygen atoms in total. The zero-order chi connectivity index (χ0) is 17.5. The molecule has 0 aromatic rings. The van der Waals surface area contributed by atoms with E-state index in [0.717, 1.165) is 0 Å². The monoisotopic (exact) mass is 364 g/mol. The molecule has 0 radical (unpaired) electrons. The third-order valence-electron chi connectivity index (χ3n) is 1.45. The topological polar surface area (TPSA) is 152 Å². The van der Waals surface area contributed by atoms with Crippen molar-refractivity contribution in [1.29, 1.82) is 0 Å². The smallest absolute Gasteiger partial charge is 0.375 e. The first kappa shape index (κ1) is 23.9. The van der Waals surface area contributed by atoms with Crippen molar-refractivity contribution >= 4 is 15.6 Å². The number of phosphoric ester groups is 2. The fourth-order valence-corrected chi connectivity index (χ4v) is 1.39. The van der Waals surface area contributed by atoms with Crippen molar-refractivity contribution in [2.75, 3.05) is 39.6 Å². The van der Waals surface area contributed by atoms with Crippen molar-refractivity contribution in [2.45, 2.75) is 0 Å². The largest absolute Gasteiger partial charge is 0.469 e. The van der Waals surface area contributed by atoms with E-state index >= 15 is 0 Å². The van der Waals surface area contributed by atoms with Crippen LogP contribution in [0.4, 0.5) is 0 Å². The summed E-state index contributed by atoms with van der Waals surface area (Å²) < 4.78 is 37.9. The van der Waals surface area contributed by atoms with Crippen molar-refractivity contribution in [3.8, 4) is 0 Å². The molecule has 0 atom stereocenters. The van der Waals surface area contributed by atoms with Crippen LogP contribution in [0.5, 0.6) is 0 Å². The highest BCUT2D eigenvalue weighted by atomic mass is 31.2. The van der Waals surface area contributed by atoms with E-state index in [0.29, 0.717) is 13.2 Å². The highest BCUT2D eigenvalue weighted by Crippen LogP contribution is 2.35. The fourth-order valence-electron chi connectivity index (χ4n) is 0.764. The van der Waals surface area contributed by atoms with E-state index in [9.17, 15) is 9.13 Å². The standard InChI is InChI=1S/2C5H11O5P/c2*1-2-3-9-4-5-10-11(6,7)8/h2*2H,1,3-5H2,(H2,6,7,8). The summed E-state index contributed by atoms with van der Waals surface area (Å²) in [7, 11) is -8.64. The third-order valence-corrected chi connectivity index (χ3v) is 2.48. The lowest BCUT2D eigenvalue weighted by Crippen LogP contribution is -2.02. The van der Waals surface area contributed by atoms with Crippen molar-refractivity contribution in [3.63, 3.8) is 0 Å². The van der Waals surface area contributed by atoms with Gasteiger partial charge in [-0.2, -0.15) is 0 Å². The fraction of sp³-hybridized carbons (Fsp3) is 0.600. The number of ether oxygens (including phenoxy) is 2. The van der Waals surface area contributed by atoms with Crippen LogP contribution in [-0.2, 0) is 27.7 Å². The first-order chi connectivity index (χ1) is 10.1. The normalized spacial score (nSPS) is 11.5. The van der Waals surface area contributed by atoms with Crippen LogP contribution in [0.1, 0.15) is 0 Å². The maximum absolute atomic E-state index is 10.1. The van der Waals surface area contributed by atoms with Crippen molar-refractivity contribution < 1.29 is 47.2 Å². The van der Waals surface area contributed by atoms with Gasteiger partial charge in [0.15, 0.2) is 0 Å². The molecule has 0 aliphatic carbocycles. The second-order valence-corrected chi connectivity index (χ2v) is 5.85. The Kier molecular flexibility index (Phi) is 15.4. The minimum absolute atomic E-state index is 0.113. The van der Waals surface area contributed by atoms with Crippen LogP contribution in [-0.4, -0.2) is 59.2 Å². The van der Waals surface area contributed by atoms with E-state index < -0.39 is 15.6 Å². The van der Waals surface area contributed by atoms with E-state index in [2.05, 4.69) is 22.2 Å². The van der Waals surface area contributed by atoms with Gasteiger partial charge in [0.05, 0.1) is 39.6 Å². The van der Waals surface area contributed by atoms with Crippen molar-refractivity contribution in [1.82, 2.24) is 0 Å². The summed E-state index contributed by atoms with van der Waals surface area (Å²) in [4.78, 5) is 32.7. The lowest BCUT2D eigenvalue weighted by molar-refractivity contribution is 0.101. The average Bonchev–Trinajstić information content (AvgIpc) is 2.36. The molecular formula is C10H22O10P2. The van der Waals surface area contributed by atoms with Crippen molar-refractivity contribution in [2.24, 2.45) is 0 Å². The van der Waals surface area contributed by atoms with Crippen LogP contribution in [0.25, 0.3) is 0 Å². The van der Waals surface area contributed by atoms with Crippen LogP contribution in [0.3, 0.4) is 0 Å². The van der Waals surface area contributed by atoms with Crippen molar-refractivity contribution in [3.05, 3.63) is 25.3 Å². The van der Waals surface area contributed by atoms with Crippen LogP contribution < -0.4 is 0 Å². The van der Waals surface area contributed by atoms with Gasteiger partial charge < -0.3 is 29.0 Å². The molecule has 0 heterocycles. The summed E-state index contributed by atoms with van der Waals surface area (Å²) in [6, 6.07) is 0. The predicted octanol–water partition coefficient (Wildman–Crippen LogP) is 0.597. The van der Waals surface area contributed by atoms with Gasteiger partial charge in [-0.05, 0) is 0 Å². The van der Waals surface area contributed by atoms with E-state index in [1.165, 1.54) is 12.2 Å². The number of rotatable bonds is 12. The Morgan fingerprint density at radius 1 is 0.727 bits per heavy atom. The molecule has 0 fully saturated rings. The quantitative estimate of drug-likeness (QED) is 0.220. The van der Waals surface area contributed by atoms with Crippen LogP contribution in [0.2, 0.25) is 0 Å². The van der Waals surface area contributed by atoms with Gasteiger partial charge in [-0.15, -0.1) is 13.2 Å². The molecule has 0 bridgehead atoms. The van der Waals surface area contributed by atoms with Gasteiger partial charge in [-0.3, -0.25) is 9.05 Å². The average molecular weight is 364 g/mol. The second kappa shape index (κ2) is 14.2. The number of hydrogen-bond acceptors (Lipinski definition) is 6. The molecule has 0 spiro atoms. The summed E-state index contributed by atoms with van der Waals surface area (Å²) in [6.45, 7) is 7.55. The lowest BCUT2D eigenvalue weighted by atomic mass is 10.7. The van der Waals surface area contributed by atoms with Crippen LogP contribution in [0.15, 0.2) is 25.3 Å². The summed E-state index contributed by atoms with van der Waals surface area (Å²) in [5.41, 5.74) is 0. The Hall–Kier alpha value is -0.380. The molecule has 22 heavy (non-hydrogen) atoms. The Morgan fingerprint density at radius 2 is 1.05 bits per heavy atom. The lowest BCUT2D eigenvalue weighted by Gasteiger charge is -2.04. The molecule has 0 saturated heterocycles. The third kappa shape index (κ3) is 27.9. The van der Waals surface area contributed by atoms with E-state index in [-0.39, 0.29) is 26.4 Å². The molecule has 0 aliphatic rings. The number of phosphoric acid groups is 2. The molecule has 0 rings (SSSR count). The first-order valence-corrected chi connectivity index (χ1v) is 8.96.